The van der Waals surface area contributed by atoms with Crippen LogP contribution in [0.3, 0.4) is 0 Å². The molecule has 0 bridgehead atoms. The molecule has 0 saturated carbocycles. The standard InChI is InChI=1S/C12H20N4O/c1-9-4-3-5-13-11(9)12(17)14-6-10-7-15-16(2)8-10/h7-9,11,13H,3-6H2,1-2H3,(H,14,17). The predicted molar refractivity (Wildman–Crippen MR) is 65.2 cm³/mol. The third-order valence-corrected chi connectivity index (χ3v) is 3.28. The van der Waals surface area contributed by atoms with E-state index in [-0.39, 0.29) is 11.9 Å². The summed E-state index contributed by atoms with van der Waals surface area (Å²) in [5.74, 6) is 0.513. The third-order valence-electron chi connectivity index (χ3n) is 3.28. The van der Waals surface area contributed by atoms with Gasteiger partial charge in [-0.2, -0.15) is 5.10 Å². The van der Waals surface area contributed by atoms with Crippen LogP contribution in [0.5, 0.6) is 0 Å². The summed E-state index contributed by atoms with van der Waals surface area (Å²) in [5, 5.41) is 10.3. The van der Waals surface area contributed by atoms with E-state index >= 15 is 0 Å². The van der Waals surface area contributed by atoms with Crippen molar-refractivity contribution in [3.05, 3.63) is 18.0 Å². The molecule has 94 valence electrons. The molecule has 1 aliphatic heterocycles. The zero-order valence-electron chi connectivity index (χ0n) is 10.4. The first-order valence-electron chi connectivity index (χ1n) is 6.15. The van der Waals surface area contributed by atoms with E-state index in [2.05, 4.69) is 22.7 Å². The molecule has 1 saturated heterocycles. The van der Waals surface area contributed by atoms with Gasteiger partial charge in [0.2, 0.25) is 5.91 Å². The summed E-state index contributed by atoms with van der Waals surface area (Å²) in [5.41, 5.74) is 1.03. The van der Waals surface area contributed by atoms with E-state index < -0.39 is 0 Å². The van der Waals surface area contributed by atoms with Crippen molar-refractivity contribution in [2.24, 2.45) is 13.0 Å². The predicted octanol–water partition coefficient (Wildman–Crippen LogP) is 0.424. The highest BCUT2D eigenvalue weighted by molar-refractivity contribution is 5.82. The summed E-state index contributed by atoms with van der Waals surface area (Å²) in [6.07, 6.45) is 5.97. The Labute approximate surface area is 102 Å². The van der Waals surface area contributed by atoms with E-state index in [0.717, 1.165) is 24.9 Å². The molecule has 0 aromatic carbocycles. The topological polar surface area (TPSA) is 59.0 Å². The van der Waals surface area contributed by atoms with Gasteiger partial charge in [-0.15, -0.1) is 0 Å². The van der Waals surface area contributed by atoms with Gasteiger partial charge in [-0.05, 0) is 25.3 Å². The third kappa shape index (κ3) is 3.06. The Bertz CT molecular complexity index is 388. The maximum absolute atomic E-state index is 12.0. The Hall–Kier alpha value is -1.36. The fourth-order valence-electron chi connectivity index (χ4n) is 2.26. The molecule has 2 N–H and O–H groups in total. The minimum Gasteiger partial charge on any atom is -0.351 e. The molecule has 1 aromatic rings. The second kappa shape index (κ2) is 5.31. The molecule has 2 rings (SSSR count). The molecular formula is C12H20N4O. The lowest BCUT2D eigenvalue weighted by Gasteiger charge is -2.28. The van der Waals surface area contributed by atoms with Gasteiger partial charge in [0.05, 0.1) is 12.2 Å². The maximum atomic E-state index is 12.0. The number of nitrogens with zero attached hydrogens (tertiary/aromatic N) is 2. The van der Waals surface area contributed by atoms with E-state index in [0.29, 0.717) is 12.5 Å². The Morgan fingerprint density at radius 3 is 3.18 bits per heavy atom. The maximum Gasteiger partial charge on any atom is 0.237 e. The van der Waals surface area contributed by atoms with Gasteiger partial charge >= 0.3 is 0 Å². The minimum atomic E-state index is -0.0413. The second-order valence-electron chi connectivity index (χ2n) is 4.79. The smallest absolute Gasteiger partial charge is 0.237 e. The molecule has 0 aliphatic carbocycles. The van der Waals surface area contributed by atoms with E-state index in [4.69, 9.17) is 0 Å². The highest BCUT2D eigenvalue weighted by atomic mass is 16.2. The molecule has 0 spiro atoms. The van der Waals surface area contributed by atoms with Gasteiger partial charge in [0, 0.05) is 25.4 Å². The summed E-state index contributed by atoms with van der Waals surface area (Å²) in [6.45, 7) is 3.62. The number of hydrogen-bond acceptors (Lipinski definition) is 3. The Kier molecular flexibility index (Phi) is 3.78. The quantitative estimate of drug-likeness (QED) is 0.800. The largest absolute Gasteiger partial charge is 0.351 e. The average molecular weight is 236 g/mol. The van der Waals surface area contributed by atoms with Crippen LogP contribution in [-0.2, 0) is 18.4 Å². The van der Waals surface area contributed by atoms with Crippen molar-refractivity contribution in [2.45, 2.75) is 32.4 Å². The van der Waals surface area contributed by atoms with Crippen LogP contribution in [0, 0.1) is 5.92 Å². The monoisotopic (exact) mass is 236 g/mol. The number of carbonyl (C=O) groups excluding carboxylic acids is 1. The zero-order chi connectivity index (χ0) is 12.3. The number of hydrogen-bond donors (Lipinski definition) is 2. The van der Waals surface area contributed by atoms with Crippen molar-refractivity contribution >= 4 is 5.91 Å². The number of aryl methyl sites for hydroxylation is 1. The van der Waals surface area contributed by atoms with Gasteiger partial charge in [-0.1, -0.05) is 6.92 Å². The van der Waals surface area contributed by atoms with Crippen LogP contribution < -0.4 is 10.6 Å². The fraction of sp³-hybridized carbons (Fsp3) is 0.667. The van der Waals surface area contributed by atoms with Gasteiger partial charge in [0.15, 0.2) is 0 Å². The molecule has 2 atom stereocenters. The number of amides is 1. The van der Waals surface area contributed by atoms with Crippen molar-refractivity contribution in [3.63, 3.8) is 0 Å². The van der Waals surface area contributed by atoms with Crippen LogP contribution in [0.4, 0.5) is 0 Å². The van der Waals surface area contributed by atoms with E-state index in [1.807, 2.05) is 13.2 Å². The summed E-state index contributed by atoms with van der Waals surface area (Å²) in [7, 11) is 1.87. The fourth-order valence-corrected chi connectivity index (χ4v) is 2.26. The minimum absolute atomic E-state index is 0.0413. The lowest BCUT2D eigenvalue weighted by Crippen LogP contribution is -2.50. The molecule has 2 heterocycles. The molecule has 17 heavy (non-hydrogen) atoms. The van der Waals surface area contributed by atoms with Gasteiger partial charge in [-0.3, -0.25) is 9.48 Å². The molecule has 0 radical (unpaired) electrons. The van der Waals surface area contributed by atoms with Crippen molar-refractivity contribution in [3.8, 4) is 0 Å². The number of rotatable bonds is 3. The van der Waals surface area contributed by atoms with Crippen LogP contribution >= 0.6 is 0 Å². The first kappa shape index (κ1) is 12.1. The van der Waals surface area contributed by atoms with Crippen molar-refractivity contribution < 1.29 is 4.79 Å². The van der Waals surface area contributed by atoms with Crippen molar-refractivity contribution in [1.29, 1.82) is 0 Å². The van der Waals surface area contributed by atoms with Gasteiger partial charge in [0.1, 0.15) is 0 Å². The number of aromatic nitrogens is 2. The molecule has 1 aliphatic rings. The first-order chi connectivity index (χ1) is 8.16. The number of piperidine rings is 1. The van der Waals surface area contributed by atoms with Crippen molar-refractivity contribution in [1.82, 2.24) is 20.4 Å². The van der Waals surface area contributed by atoms with E-state index in [9.17, 15) is 4.79 Å². The summed E-state index contributed by atoms with van der Waals surface area (Å²) in [4.78, 5) is 12.0. The molecule has 5 heteroatoms. The average Bonchev–Trinajstić information content (AvgIpc) is 2.73. The lowest BCUT2D eigenvalue weighted by atomic mass is 9.92. The highest BCUT2D eigenvalue weighted by Crippen LogP contribution is 2.15. The molecule has 1 fully saturated rings. The summed E-state index contributed by atoms with van der Waals surface area (Å²) < 4.78 is 1.74. The van der Waals surface area contributed by atoms with Crippen LogP contribution in [0.25, 0.3) is 0 Å². The zero-order valence-corrected chi connectivity index (χ0v) is 10.4. The van der Waals surface area contributed by atoms with Crippen LogP contribution in [0.1, 0.15) is 25.3 Å². The van der Waals surface area contributed by atoms with Gasteiger partial charge < -0.3 is 10.6 Å². The van der Waals surface area contributed by atoms with Crippen LogP contribution in [-0.4, -0.2) is 28.3 Å². The second-order valence-corrected chi connectivity index (χ2v) is 4.79. The molecule has 1 aromatic heterocycles. The normalized spacial score (nSPS) is 24.6. The summed E-state index contributed by atoms with van der Waals surface area (Å²) >= 11 is 0. The van der Waals surface area contributed by atoms with Gasteiger partial charge in [-0.25, -0.2) is 0 Å². The molecule has 5 nitrogen and oxygen atoms in total. The first-order valence-corrected chi connectivity index (χ1v) is 6.15. The Morgan fingerprint density at radius 1 is 1.71 bits per heavy atom. The van der Waals surface area contributed by atoms with Crippen LogP contribution in [0.2, 0.25) is 0 Å². The molecular weight excluding hydrogens is 216 g/mol. The van der Waals surface area contributed by atoms with E-state index in [1.165, 1.54) is 0 Å². The number of nitrogens with one attached hydrogen (secondary N) is 2. The Morgan fingerprint density at radius 2 is 2.53 bits per heavy atom. The highest BCUT2D eigenvalue weighted by Gasteiger charge is 2.26. The molecule has 2 unspecified atom stereocenters. The number of carbonyl (C=O) groups is 1. The van der Waals surface area contributed by atoms with Gasteiger partial charge in [0.25, 0.3) is 0 Å². The Balaban J connectivity index is 1.84. The molecule has 1 amide bonds. The SMILES string of the molecule is CC1CCCNC1C(=O)NCc1cnn(C)c1. The van der Waals surface area contributed by atoms with E-state index in [1.54, 1.807) is 10.9 Å². The summed E-state index contributed by atoms with van der Waals surface area (Å²) in [6, 6.07) is -0.0413. The van der Waals surface area contributed by atoms with Crippen molar-refractivity contribution in [2.75, 3.05) is 6.54 Å². The van der Waals surface area contributed by atoms with Crippen LogP contribution in [0.15, 0.2) is 12.4 Å². The lowest BCUT2D eigenvalue weighted by molar-refractivity contribution is -0.125.